The van der Waals surface area contributed by atoms with Crippen molar-refractivity contribution in [2.45, 2.75) is 16.8 Å². The Morgan fingerprint density at radius 1 is 1.29 bits per heavy atom. The number of aromatic nitrogens is 1. The highest BCUT2D eigenvalue weighted by molar-refractivity contribution is 7.99. The Bertz CT molecular complexity index is 526. The molecule has 0 radical (unpaired) electrons. The summed E-state index contributed by atoms with van der Waals surface area (Å²) in [7, 11) is 0. The van der Waals surface area contributed by atoms with Gasteiger partial charge in [0.25, 0.3) is 0 Å². The molecule has 1 aromatic carbocycles. The van der Waals surface area contributed by atoms with Gasteiger partial charge in [-0.3, -0.25) is 0 Å². The third-order valence-electron chi connectivity index (χ3n) is 2.29. The fraction of sp³-hybridized carbons (Fsp3) is 0.0769. The molecule has 1 aromatic heterocycles. The molecule has 0 fully saturated rings. The largest absolute Gasteiger partial charge is 0.411 e. The quantitative estimate of drug-likeness (QED) is 0.511. The smallest absolute Gasteiger partial charge is 0.101 e. The molecule has 0 saturated heterocycles. The molecule has 3 nitrogen and oxygen atoms in total. The number of hydrogen-bond donors (Lipinski definition) is 1. The highest BCUT2D eigenvalue weighted by atomic mass is 32.2. The molecule has 2 aromatic rings. The van der Waals surface area contributed by atoms with Gasteiger partial charge in [0.05, 0.1) is 6.21 Å². The standard InChI is InChI=1S/C13H12N2OS/c1-10-7-13(14-8-11(10)9-15-16)17-12-5-3-2-4-6-12/h2-9,16H,1H3/b15-9-. The summed E-state index contributed by atoms with van der Waals surface area (Å²) < 4.78 is 0. The maximum atomic E-state index is 8.49. The van der Waals surface area contributed by atoms with Crippen LogP contribution in [0.3, 0.4) is 0 Å². The first-order valence-electron chi connectivity index (χ1n) is 5.16. The Morgan fingerprint density at radius 3 is 2.71 bits per heavy atom. The molecule has 1 heterocycles. The summed E-state index contributed by atoms with van der Waals surface area (Å²) in [5, 5.41) is 12.4. The minimum Gasteiger partial charge on any atom is -0.411 e. The van der Waals surface area contributed by atoms with Crippen LogP contribution in [0.1, 0.15) is 11.1 Å². The average molecular weight is 244 g/mol. The Balaban J connectivity index is 2.21. The molecule has 0 aliphatic rings. The second kappa shape index (κ2) is 5.50. The fourth-order valence-corrected chi connectivity index (χ4v) is 2.28. The van der Waals surface area contributed by atoms with Gasteiger partial charge in [0.2, 0.25) is 0 Å². The molecular formula is C13H12N2OS. The molecule has 17 heavy (non-hydrogen) atoms. The number of hydrogen-bond acceptors (Lipinski definition) is 4. The summed E-state index contributed by atoms with van der Waals surface area (Å²) in [4.78, 5) is 5.47. The molecule has 0 amide bonds. The molecule has 4 heteroatoms. The topological polar surface area (TPSA) is 45.5 Å². The second-order valence-electron chi connectivity index (χ2n) is 3.54. The van der Waals surface area contributed by atoms with Crippen molar-refractivity contribution in [2.75, 3.05) is 0 Å². The molecule has 86 valence electrons. The van der Waals surface area contributed by atoms with Gasteiger partial charge in [0.15, 0.2) is 0 Å². The van der Waals surface area contributed by atoms with Crippen LogP contribution in [0.5, 0.6) is 0 Å². The van der Waals surface area contributed by atoms with Crippen LogP contribution in [0.2, 0.25) is 0 Å². The molecule has 0 aliphatic heterocycles. The van der Waals surface area contributed by atoms with E-state index in [9.17, 15) is 0 Å². The predicted molar refractivity (Wildman–Crippen MR) is 68.9 cm³/mol. The number of pyridine rings is 1. The van der Waals surface area contributed by atoms with Crippen molar-refractivity contribution in [3.05, 3.63) is 53.7 Å². The normalized spacial score (nSPS) is 10.9. The molecule has 0 bridgehead atoms. The summed E-state index contributed by atoms with van der Waals surface area (Å²) in [5.74, 6) is 0. The van der Waals surface area contributed by atoms with Gasteiger partial charge in [-0.2, -0.15) is 0 Å². The fourth-order valence-electron chi connectivity index (χ4n) is 1.40. The Labute approximate surface area is 104 Å². The van der Waals surface area contributed by atoms with Crippen molar-refractivity contribution >= 4 is 18.0 Å². The zero-order valence-electron chi connectivity index (χ0n) is 9.37. The molecule has 0 unspecified atom stereocenters. The van der Waals surface area contributed by atoms with Crippen molar-refractivity contribution in [3.8, 4) is 0 Å². The van der Waals surface area contributed by atoms with Crippen LogP contribution in [0.15, 0.2) is 57.7 Å². The predicted octanol–water partition coefficient (Wildman–Crippen LogP) is 3.35. The van der Waals surface area contributed by atoms with Gasteiger partial charge in [0.1, 0.15) is 5.03 Å². The summed E-state index contributed by atoms with van der Waals surface area (Å²) in [6, 6.07) is 12.1. The maximum absolute atomic E-state index is 8.49. The zero-order valence-corrected chi connectivity index (χ0v) is 10.2. The monoisotopic (exact) mass is 244 g/mol. The maximum Gasteiger partial charge on any atom is 0.101 e. The zero-order chi connectivity index (χ0) is 12.1. The summed E-state index contributed by atoms with van der Waals surface area (Å²) >= 11 is 1.61. The minimum absolute atomic E-state index is 0.824. The molecule has 0 atom stereocenters. The van der Waals surface area contributed by atoms with Crippen LogP contribution < -0.4 is 0 Å². The SMILES string of the molecule is Cc1cc(Sc2ccccc2)ncc1/C=N\O. The Hall–Kier alpha value is -1.81. The van der Waals surface area contributed by atoms with E-state index < -0.39 is 0 Å². The van der Waals surface area contributed by atoms with Crippen LogP contribution in [0.25, 0.3) is 0 Å². The van der Waals surface area contributed by atoms with Crippen LogP contribution in [0, 0.1) is 6.92 Å². The van der Waals surface area contributed by atoms with E-state index in [-0.39, 0.29) is 0 Å². The minimum atomic E-state index is 0.824. The molecule has 0 aliphatic carbocycles. The lowest BCUT2D eigenvalue weighted by Gasteiger charge is -2.03. The molecule has 0 saturated carbocycles. The van der Waals surface area contributed by atoms with Gasteiger partial charge in [-0.25, -0.2) is 4.98 Å². The lowest BCUT2D eigenvalue weighted by molar-refractivity contribution is 0.322. The van der Waals surface area contributed by atoms with E-state index in [0.29, 0.717) is 0 Å². The third kappa shape index (κ3) is 3.07. The number of oxime groups is 1. The molecule has 0 spiro atoms. The van der Waals surface area contributed by atoms with Crippen molar-refractivity contribution in [3.63, 3.8) is 0 Å². The van der Waals surface area contributed by atoms with E-state index in [4.69, 9.17) is 5.21 Å². The average Bonchev–Trinajstić information content (AvgIpc) is 2.34. The Kier molecular flexibility index (Phi) is 3.77. The van der Waals surface area contributed by atoms with Gasteiger partial charge in [-0.1, -0.05) is 35.1 Å². The van der Waals surface area contributed by atoms with Gasteiger partial charge >= 0.3 is 0 Å². The van der Waals surface area contributed by atoms with Crippen LogP contribution in [0.4, 0.5) is 0 Å². The lowest BCUT2D eigenvalue weighted by Crippen LogP contribution is -1.90. The summed E-state index contributed by atoms with van der Waals surface area (Å²) in [6.45, 7) is 1.97. The van der Waals surface area contributed by atoms with Gasteiger partial charge in [-0.05, 0) is 30.7 Å². The first-order chi connectivity index (χ1) is 8.29. The van der Waals surface area contributed by atoms with Crippen molar-refractivity contribution in [2.24, 2.45) is 5.16 Å². The van der Waals surface area contributed by atoms with E-state index in [2.05, 4.69) is 10.1 Å². The van der Waals surface area contributed by atoms with Gasteiger partial charge < -0.3 is 5.21 Å². The highest BCUT2D eigenvalue weighted by Crippen LogP contribution is 2.26. The first-order valence-corrected chi connectivity index (χ1v) is 5.98. The number of rotatable bonds is 3. The third-order valence-corrected chi connectivity index (χ3v) is 3.23. The molecule has 1 N–H and O–H groups in total. The summed E-state index contributed by atoms with van der Waals surface area (Å²) in [5.41, 5.74) is 1.86. The van der Waals surface area contributed by atoms with Crippen molar-refractivity contribution in [1.29, 1.82) is 0 Å². The van der Waals surface area contributed by atoms with E-state index >= 15 is 0 Å². The van der Waals surface area contributed by atoms with Crippen LogP contribution in [-0.2, 0) is 0 Å². The van der Waals surface area contributed by atoms with Crippen LogP contribution in [-0.4, -0.2) is 16.4 Å². The molecular weight excluding hydrogens is 232 g/mol. The second-order valence-corrected chi connectivity index (χ2v) is 4.63. The van der Waals surface area contributed by atoms with Crippen molar-refractivity contribution in [1.82, 2.24) is 4.98 Å². The lowest BCUT2D eigenvalue weighted by atomic mass is 10.2. The van der Waals surface area contributed by atoms with E-state index in [1.54, 1.807) is 18.0 Å². The van der Waals surface area contributed by atoms with E-state index in [1.807, 2.05) is 43.3 Å². The van der Waals surface area contributed by atoms with Gasteiger partial charge in [-0.15, -0.1) is 0 Å². The van der Waals surface area contributed by atoms with E-state index in [1.165, 1.54) is 6.21 Å². The van der Waals surface area contributed by atoms with Crippen molar-refractivity contribution < 1.29 is 5.21 Å². The summed E-state index contributed by atoms with van der Waals surface area (Å²) in [6.07, 6.45) is 3.10. The van der Waals surface area contributed by atoms with E-state index in [0.717, 1.165) is 21.0 Å². The van der Waals surface area contributed by atoms with Crippen LogP contribution >= 0.6 is 11.8 Å². The number of aryl methyl sites for hydroxylation is 1. The number of benzene rings is 1. The van der Waals surface area contributed by atoms with Gasteiger partial charge in [0, 0.05) is 16.7 Å². The Morgan fingerprint density at radius 2 is 2.06 bits per heavy atom. The highest BCUT2D eigenvalue weighted by Gasteiger charge is 2.01. The first kappa shape index (κ1) is 11.7. The molecule has 2 rings (SSSR count). The number of nitrogens with zero attached hydrogens (tertiary/aromatic N) is 2.